The first kappa shape index (κ1) is 15.8. The molecule has 2 rings (SSSR count). The summed E-state index contributed by atoms with van der Waals surface area (Å²) in [4.78, 5) is 2.24. The van der Waals surface area contributed by atoms with Crippen LogP contribution in [0.5, 0.6) is 5.75 Å². The monoisotopic (exact) mass is 289 g/mol. The Labute approximate surface area is 126 Å². The van der Waals surface area contributed by atoms with E-state index in [2.05, 4.69) is 16.7 Å². The summed E-state index contributed by atoms with van der Waals surface area (Å²) in [6.07, 6.45) is 1.27. The van der Waals surface area contributed by atoms with Gasteiger partial charge < -0.3 is 14.9 Å². The Balaban J connectivity index is 2.11. The van der Waals surface area contributed by atoms with Crippen molar-refractivity contribution in [3.63, 3.8) is 0 Å². The van der Waals surface area contributed by atoms with E-state index in [0.29, 0.717) is 13.0 Å². The molecule has 0 spiro atoms. The van der Waals surface area contributed by atoms with E-state index in [1.54, 1.807) is 7.11 Å². The van der Waals surface area contributed by atoms with Gasteiger partial charge in [0.1, 0.15) is 5.75 Å². The molecule has 1 aliphatic rings. The number of rotatable bonds is 4. The quantitative estimate of drug-likeness (QED) is 0.822. The first-order valence-electron chi connectivity index (χ1n) is 7.25. The van der Waals surface area contributed by atoms with Gasteiger partial charge >= 0.3 is 0 Å². The van der Waals surface area contributed by atoms with Crippen molar-refractivity contribution in [2.24, 2.45) is 0 Å². The van der Waals surface area contributed by atoms with E-state index in [1.165, 1.54) is 0 Å². The van der Waals surface area contributed by atoms with Crippen molar-refractivity contribution >= 4 is 0 Å². The van der Waals surface area contributed by atoms with Gasteiger partial charge in [0.2, 0.25) is 0 Å². The molecule has 1 unspecified atom stereocenters. The van der Waals surface area contributed by atoms with E-state index in [9.17, 15) is 5.11 Å². The second-order valence-electron chi connectivity index (χ2n) is 5.77. The van der Waals surface area contributed by atoms with Gasteiger partial charge in [-0.2, -0.15) is 0 Å². The molecule has 4 heteroatoms. The van der Waals surface area contributed by atoms with Crippen LogP contribution in [0.2, 0.25) is 0 Å². The number of methoxy groups -OCH3 is 1. The molecule has 0 aromatic heterocycles. The third-order valence-corrected chi connectivity index (χ3v) is 3.66. The summed E-state index contributed by atoms with van der Waals surface area (Å²) in [5, 5.41) is 18.8. The maximum atomic E-state index is 10.0. The highest BCUT2D eigenvalue weighted by Crippen LogP contribution is 2.24. The van der Waals surface area contributed by atoms with Gasteiger partial charge in [-0.1, -0.05) is 17.9 Å². The lowest BCUT2D eigenvalue weighted by Gasteiger charge is -2.19. The minimum absolute atomic E-state index is 0.0673. The van der Waals surface area contributed by atoms with Gasteiger partial charge in [0.15, 0.2) is 0 Å². The zero-order valence-electron chi connectivity index (χ0n) is 12.7. The number of aliphatic hydroxyl groups is 2. The van der Waals surface area contributed by atoms with Crippen molar-refractivity contribution < 1.29 is 14.9 Å². The summed E-state index contributed by atoms with van der Waals surface area (Å²) in [6, 6.07) is 5.98. The van der Waals surface area contributed by atoms with Crippen molar-refractivity contribution in [1.82, 2.24) is 4.90 Å². The molecule has 21 heavy (non-hydrogen) atoms. The minimum Gasteiger partial charge on any atom is -0.495 e. The lowest BCUT2D eigenvalue weighted by atomic mass is 10.1. The number of nitrogens with zero attached hydrogens (tertiary/aromatic N) is 1. The highest BCUT2D eigenvalue weighted by Gasteiger charge is 2.30. The molecule has 1 fully saturated rings. The number of likely N-dealkylation sites (tertiary alicyclic amines) is 1. The third kappa shape index (κ3) is 4.47. The fourth-order valence-electron chi connectivity index (χ4n) is 2.60. The molecular formula is C17H23NO3. The maximum absolute atomic E-state index is 10.0. The van der Waals surface area contributed by atoms with Crippen LogP contribution in [-0.4, -0.2) is 47.5 Å². The number of hydrogen-bond donors (Lipinski definition) is 2. The van der Waals surface area contributed by atoms with Crippen LogP contribution in [0.3, 0.4) is 0 Å². The van der Waals surface area contributed by atoms with E-state index in [1.807, 2.05) is 25.1 Å². The van der Waals surface area contributed by atoms with Crippen molar-refractivity contribution in [2.45, 2.75) is 31.9 Å². The molecule has 1 atom stereocenters. The van der Waals surface area contributed by atoms with E-state index in [0.717, 1.165) is 36.4 Å². The molecule has 1 aromatic carbocycles. The van der Waals surface area contributed by atoms with Gasteiger partial charge in [0, 0.05) is 26.1 Å². The Morgan fingerprint density at radius 2 is 2.24 bits per heavy atom. The van der Waals surface area contributed by atoms with E-state index >= 15 is 0 Å². The highest BCUT2D eigenvalue weighted by atomic mass is 16.5. The summed E-state index contributed by atoms with van der Waals surface area (Å²) in [7, 11) is 1.63. The largest absolute Gasteiger partial charge is 0.495 e. The molecular weight excluding hydrogens is 266 g/mol. The van der Waals surface area contributed by atoms with Gasteiger partial charge in [-0.15, -0.1) is 0 Å². The predicted octanol–water partition coefficient (Wildman–Crippen LogP) is 1.39. The Bertz CT molecular complexity index is 543. The Hall–Kier alpha value is -1.54. The fourth-order valence-corrected chi connectivity index (χ4v) is 2.60. The average Bonchev–Trinajstić information content (AvgIpc) is 2.78. The minimum atomic E-state index is -0.573. The Morgan fingerprint density at radius 1 is 1.43 bits per heavy atom. The number of hydrogen-bond acceptors (Lipinski definition) is 4. The van der Waals surface area contributed by atoms with E-state index < -0.39 is 5.60 Å². The van der Waals surface area contributed by atoms with Crippen LogP contribution in [0.15, 0.2) is 18.2 Å². The molecule has 0 aliphatic carbocycles. The molecule has 0 bridgehead atoms. The van der Waals surface area contributed by atoms with E-state index in [4.69, 9.17) is 9.84 Å². The third-order valence-electron chi connectivity index (χ3n) is 3.66. The van der Waals surface area contributed by atoms with Crippen molar-refractivity contribution in [2.75, 3.05) is 26.8 Å². The smallest absolute Gasteiger partial charge is 0.134 e. The van der Waals surface area contributed by atoms with Crippen molar-refractivity contribution in [1.29, 1.82) is 0 Å². The topological polar surface area (TPSA) is 52.9 Å². The lowest BCUT2D eigenvalue weighted by molar-refractivity contribution is 0.0679. The number of aliphatic hydroxyl groups excluding tert-OH is 1. The number of β-amino-alcohol motifs (C(OH)–C–C–N with tert-alkyl or cyclic N) is 1. The molecule has 0 saturated carbocycles. The number of benzene rings is 1. The van der Waals surface area contributed by atoms with Gasteiger partial charge in [-0.25, -0.2) is 0 Å². The van der Waals surface area contributed by atoms with Crippen LogP contribution in [0.1, 0.15) is 30.9 Å². The van der Waals surface area contributed by atoms with Crippen LogP contribution >= 0.6 is 0 Å². The van der Waals surface area contributed by atoms with Crippen molar-refractivity contribution in [3.05, 3.63) is 29.3 Å². The van der Waals surface area contributed by atoms with Crippen molar-refractivity contribution in [3.8, 4) is 17.6 Å². The zero-order chi connectivity index (χ0) is 15.3. The fraction of sp³-hybridized carbons (Fsp3) is 0.529. The second-order valence-corrected chi connectivity index (χ2v) is 5.77. The summed E-state index contributed by atoms with van der Waals surface area (Å²) >= 11 is 0. The summed E-state index contributed by atoms with van der Waals surface area (Å²) in [5.41, 5.74) is 1.42. The first-order chi connectivity index (χ1) is 10.0. The average molecular weight is 289 g/mol. The molecule has 0 radical (unpaired) electrons. The van der Waals surface area contributed by atoms with E-state index in [-0.39, 0.29) is 6.61 Å². The zero-order valence-corrected chi connectivity index (χ0v) is 12.7. The summed E-state index contributed by atoms with van der Waals surface area (Å²) < 4.78 is 5.32. The molecule has 4 nitrogen and oxygen atoms in total. The summed E-state index contributed by atoms with van der Waals surface area (Å²) in [5.74, 6) is 6.72. The van der Waals surface area contributed by atoms with Crippen LogP contribution < -0.4 is 4.74 Å². The predicted molar refractivity (Wildman–Crippen MR) is 82.1 cm³/mol. The second kappa shape index (κ2) is 6.95. The maximum Gasteiger partial charge on any atom is 0.134 e. The van der Waals surface area contributed by atoms with Crippen LogP contribution in [0, 0.1) is 11.8 Å². The molecule has 0 amide bonds. The van der Waals surface area contributed by atoms with Crippen LogP contribution in [-0.2, 0) is 6.54 Å². The molecule has 1 aromatic rings. The highest BCUT2D eigenvalue weighted by molar-refractivity contribution is 5.48. The normalized spacial score (nSPS) is 21.9. The van der Waals surface area contributed by atoms with Crippen LogP contribution in [0.4, 0.5) is 0 Å². The number of ether oxygens (including phenoxy) is 1. The molecule has 114 valence electrons. The SMILES string of the molecule is COc1ccc(CN2CCC(C)(O)C2)cc1C#CCCO. The lowest BCUT2D eigenvalue weighted by Crippen LogP contribution is -2.29. The molecule has 2 N–H and O–H groups in total. The first-order valence-corrected chi connectivity index (χ1v) is 7.25. The molecule has 1 heterocycles. The Morgan fingerprint density at radius 3 is 2.86 bits per heavy atom. The van der Waals surface area contributed by atoms with Gasteiger partial charge in [0.25, 0.3) is 0 Å². The van der Waals surface area contributed by atoms with Gasteiger partial charge in [-0.3, -0.25) is 4.90 Å². The molecule has 1 aliphatic heterocycles. The van der Waals surface area contributed by atoms with Gasteiger partial charge in [0.05, 0.1) is 24.9 Å². The molecule has 1 saturated heterocycles. The standard InChI is InChI=1S/C17H23NO3/c1-17(20)8-9-18(13-17)12-14-6-7-16(21-2)15(11-14)5-3-4-10-19/h6-7,11,19-20H,4,8-10,12-13H2,1-2H3. The van der Waals surface area contributed by atoms with Crippen LogP contribution in [0.25, 0.3) is 0 Å². The summed E-state index contributed by atoms with van der Waals surface area (Å²) in [6.45, 7) is 4.36. The van der Waals surface area contributed by atoms with Gasteiger partial charge in [-0.05, 0) is 31.0 Å². The Kier molecular flexibility index (Phi) is 5.24.